The summed E-state index contributed by atoms with van der Waals surface area (Å²) in [5, 5.41) is 9.02. The molecule has 3 aromatic rings. The molecule has 0 saturated heterocycles. The summed E-state index contributed by atoms with van der Waals surface area (Å²) in [5.74, 6) is 8.37. The molecule has 0 bridgehead atoms. The first kappa shape index (κ1) is 16.9. The number of nitrogens with zero attached hydrogens (tertiary/aromatic N) is 3. The van der Waals surface area contributed by atoms with Gasteiger partial charge in [0, 0.05) is 15.8 Å². The van der Waals surface area contributed by atoms with Crippen molar-refractivity contribution in [3.63, 3.8) is 0 Å². The Bertz CT molecular complexity index is 837. The standard InChI is InChI=1S/C17H17BrN4OS/c1-12-5-4-6-13(11-12)23-9-10-24-17-21-20-16(22(17)19)14-7-2-3-8-15(14)18/h2-8,11H,9-10,19H2,1H3. The lowest BCUT2D eigenvalue weighted by atomic mass is 10.2. The summed E-state index contributed by atoms with van der Waals surface area (Å²) >= 11 is 5.02. The number of aromatic nitrogens is 3. The first-order valence-corrected chi connectivity index (χ1v) is 9.20. The molecule has 1 aromatic heterocycles. The van der Waals surface area contributed by atoms with Gasteiger partial charge in [0.1, 0.15) is 5.75 Å². The van der Waals surface area contributed by atoms with Crippen LogP contribution >= 0.6 is 27.7 Å². The van der Waals surface area contributed by atoms with Crippen LogP contribution in [0, 0.1) is 6.92 Å². The monoisotopic (exact) mass is 404 g/mol. The molecule has 0 unspecified atom stereocenters. The van der Waals surface area contributed by atoms with Gasteiger partial charge in [-0.15, -0.1) is 10.2 Å². The quantitative estimate of drug-likeness (QED) is 0.383. The normalized spacial score (nSPS) is 10.8. The van der Waals surface area contributed by atoms with Gasteiger partial charge in [0.2, 0.25) is 5.16 Å². The van der Waals surface area contributed by atoms with Crippen LogP contribution in [0.4, 0.5) is 0 Å². The number of ether oxygens (including phenoxy) is 1. The van der Waals surface area contributed by atoms with Crippen molar-refractivity contribution in [1.29, 1.82) is 0 Å². The fourth-order valence-corrected chi connectivity index (χ4v) is 3.33. The Labute approximate surface area is 153 Å². The Morgan fingerprint density at radius 2 is 2.00 bits per heavy atom. The van der Waals surface area contributed by atoms with Gasteiger partial charge < -0.3 is 10.6 Å². The third-order valence-corrected chi connectivity index (χ3v) is 4.95. The Balaban J connectivity index is 1.60. The van der Waals surface area contributed by atoms with Gasteiger partial charge >= 0.3 is 0 Å². The molecule has 0 amide bonds. The lowest BCUT2D eigenvalue weighted by Crippen LogP contribution is -2.12. The van der Waals surface area contributed by atoms with Crippen LogP contribution in [0.3, 0.4) is 0 Å². The van der Waals surface area contributed by atoms with Crippen LogP contribution in [0.25, 0.3) is 11.4 Å². The predicted octanol–water partition coefficient (Wildman–Crippen LogP) is 3.90. The summed E-state index contributed by atoms with van der Waals surface area (Å²) in [7, 11) is 0. The average molecular weight is 405 g/mol. The molecule has 0 spiro atoms. The zero-order chi connectivity index (χ0) is 16.9. The van der Waals surface area contributed by atoms with Crippen molar-refractivity contribution in [3.8, 4) is 17.1 Å². The molecule has 3 rings (SSSR count). The van der Waals surface area contributed by atoms with E-state index in [4.69, 9.17) is 10.6 Å². The molecule has 0 atom stereocenters. The number of nitrogen functional groups attached to an aromatic ring is 1. The van der Waals surface area contributed by atoms with E-state index in [2.05, 4.69) is 26.1 Å². The van der Waals surface area contributed by atoms with E-state index >= 15 is 0 Å². The fourth-order valence-electron chi connectivity index (χ4n) is 2.20. The molecule has 0 aliphatic rings. The van der Waals surface area contributed by atoms with E-state index in [9.17, 15) is 0 Å². The van der Waals surface area contributed by atoms with Gasteiger partial charge in [-0.2, -0.15) is 0 Å². The van der Waals surface area contributed by atoms with Crippen LogP contribution in [-0.2, 0) is 0 Å². The fraction of sp³-hybridized carbons (Fsp3) is 0.176. The van der Waals surface area contributed by atoms with Crippen molar-refractivity contribution in [3.05, 3.63) is 58.6 Å². The molecule has 1 heterocycles. The summed E-state index contributed by atoms with van der Waals surface area (Å²) in [6.07, 6.45) is 0. The smallest absolute Gasteiger partial charge is 0.210 e. The second kappa shape index (κ2) is 7.72. The van der Waals surface area contributed by atoms with Crippen LogP contribution in [-0.4, -0.2) is 27.2 Å². The van der Waals surface area contributed by atoms with Crippen molar-refractivity contribution in [2.45, 2.75) is 12.1 Å². The first-order chi connectivity index (χ1) is 11.6. The van der Waals surface area contributed by atoms with E-state index in [1.807, 2.05) is 55.5 Å². The van der Waals surface area contributed by atoms with Crippen LogP contribution < -0.4 is 10.6 Å². The molecule has 7 heteroatoms. The molecule has 124 valence electrons. The first-order valence-electron chi connectivity index (χ1n) is 7.43. The molecule has 0 aliphatic carbocycles. The maximum atomic E-state index is 6.13. The second-order valence-corrected chi connectivity index (χ2v) is 7.09. The molecule has 0 fully saturated rings. The van der Waals surface area contributed by atoms with E-state index in [1.165, 1.54) is 22.0 Å². The highest BCUT2D eigenvalue weighted by Gasteiger charge is 2.14. The molecule has 2 N–H and O–H groups in total. The maximum absolute atomic E-state index is 6.13. The number of nitrogens with two attached hydrogens (primary N) is 1. The second-order valence-electron chi connectivity index (χ2n) is 5.17. The van der Waals surface area contributed by atoms with Crippen LogP contribution in [0.15, 0.2) is 58.2 Å². The van der Waals surface area contributed by atoms with Gasteiger partial charge in [-0.25, -0.2) is 4.68 Å². The molecular formula is C17H17BrN4OS. The van der Waals surface area contributed by atoms with Gasteiger partial charge in [0.25, 0.3) is 0 Å². The molecule has 0 aliphatic heterocycles. The summed E-state index contributed by atoms with van der Waals surface area (Å²) < 4.78 is 8.18. The van der Waals surface area contributed by atoms with Crippen molar-refractivity contribution in [2.75, 3.05) is 18.2 Å². The van der Waals surface area contributed by atoms with E-state index < -0.39 is 0 Å². The average Bonchev–Trinajstić information content (AvgIpc) is 2.93. The summed E-state index contributed by atoms with van der Waals surface area (Å²) in [6.45, 7) is 2.62. The van der Waals surface area contributed by atoms with E-state index in [0.717, 1.165) is 21.5 Å². The lowest BCUT2D eigenvalue weighted by molar-refractivity contribution is 0.343. The third-order valence-electron chi connectivity index (χ3n) is 3.35. The largest absolute Gasteiger partial charge is 0.493 e. The number of thioether (sulfide) groups is 1. The van der Waals surface area contributed by atoms with Crippen molar-refractivity contribution in [2.24, 2.45) is 0 Å². The topological polar surface area (TPSA) is 66.0 Å². The van der Waals surface area contributed by atoms with E-state index in [1.54, 1.807) is 0 Å². The molecule has 0 saturated carbocycles. The highest BCUT2D eigenvalue weighted by molar-refractivity contribution is 9.10. The summed E-state index contributed by atoms with van der Waals surface area (Å²) in [4.78, 5) is 0. The Hall–Kier alpha value is -1.99. The Kier molecular flexibility index (Phi) is 5.42. The number of rotatable bonds is 6. The van der Waals surface area contributed by atoms with E-state index in [0.29, 0.717) is 17.6 Å². The molecular weight excluding hydrogens is 388 g/mol. The van der Waals surface area contributed by atoms with Gasteiger partial charge in [-0.1, -0.05) is 52.0 Å². The van der Waals surface area contributed by atoms with Crippen molar-refractivity contribution < 1.29 is 4.74 Å². The Morgan fingerprint density at radius 1 is 1.17 bits per heavy atom. The number of halogens is 1. The van der Waals surface area contributed by atoms with E-state index in [-0.39, 0.29) is 0 Å². The maximum Gasteiger partial charge on any atom is 0.210 e. The van der Waals surface area contributed by atoms with Gasteiger partial charge in [0.05, 0.1) is 6.61 Å². The van der Waals surface area contributed by atoms with Crippen LogP contribution in [0.2, 0.25) is 0 Å². The number of hydrogen-bond donors (Lipinski definition) is 1. The minimum atomic E-state index is 0.575. The van der Waals surface area contributed by atoms with Crippen molar-refractivity contribution in [1.82, 2.24) is 14.9 Å². The summed E-state index contributed by atoms with van der Waals surface area (Å²) in [5.41, 5.74) is 2.09. The number of aryl methyl sites for hydroxylation is 1. The number of hydrogen-bond acceptors (Lipinski definition) is 5. The predicted molar refractivity (Wildman–Crippen MR) is 101 cm³/mol. The van der Waals surface area contributed by atoms with Gasteiger partial charge in [0.15, 0.2) is 5.82 Å². The zero-order valence-electron chi connectivity index (χ0n) is 13.1. The molecule has 0 radical (unpaired) electrons. The number of benzene rings is 2. The van der Waals surface area contributed by atoms with Crippen LogP contribution in [0.1, 0.15) is 5.56 Å². The van der Waals surface area contributed by atoms with Gasteiger partial charge in [-0.05, 0) is 36.8 Å². The molecule has 24 heavy (non-hydrogen) atoms. The SMILES string of the molecule is Cc1cccc(OCCSc2nnc(-c3ccccc3Br)n2N)c1. The summed E-state index contributed by atoms with van der Waals surface area (Å²) in [6, 6.07) is 15.8. The zero-order valence-corrected chi connectivity index (χ0v) is 15.5. The molecule has 5 nitrogen and oxygen atoms in total. The van der Waals surface area contributed by atoms with Gasteiger partial charge in [-0.3, -0.25) is 0 Å². The minimum Gasteiger partial charge on any atom is -0.493 e. The molecule has 2 aromatic carbocycles. The van der Waals surface area contributed by atoms with Crippen molar-refractivity contribution >= 4 is 27.7 Å². The highest BCUT2D eigenvalue weighted by Crippen LogP contribution is 2.27. The minimum absolute atomic E-state index is 0.575. The Morgan fingerprint density at radius 3 is 2.79 bits per heavy atom. The lowest BCUT2D eigenvalue weighted by Gasteiger charge is -2.07. The van der Waals surface area contributed by atoms with Crippen LogP contribution in [0.5, 0.6) is 5.75 Å². The third kappa shape index (κ3) is 3.91. The highest BCUT2D eigenvalue weighted by atomic mass is 79.9.